The highest BCUT2D eigenvalue weighted by Crippen LogP contribution is 2.13. The van der Waals surface area contributed by atoms with Crippen molar-refractivity contribution in [3.8, 4) is 5.75 Å². The van der Waals surface area contributed by atoms with Crippen molar-refractivity contribution in [2.45, 2.75) is 20.0 Å². The Morgan fingerprint density at radius 2 is 2.08 bits per heavy atom. The lowest BCUT2D eigenvalue weighted by atomic mass is 10.3. The van der Waals surface area contributed by atoms with E-state index in [2.05, 4.69) is 10.3 Å². The van der Waals surface area contributed by atoms with Gasteiger partial charge in [-0.25, -0.2) is 4.98 Å². The molecule has 0 atom stereocenters. The van der Waals surface area contributed by atoms with Crippen LogP contribution < -0.4 is 10.1 Å². The van der Waals surface area contributed by atoms with Crippen LogP contribution in [0.4, 0.5) is 0 Å². The number of ether oxygens (including phenoxy) is 1. The zero-order valence-electron chi connectivity index (χ0n) is 13.6. The van der Waals surface area contributed by atoms with Crippen LogP contribution in [0.25, 0.3) is 0 Å². The molecule has 7 nitrogen and oxygen atoms in total. The van der Waals surface area contributed by atoms with Gasteiger partial charge in [-0.3, -0.25) is 9.59 Å². The van der Waals surface area contributed by atoms with Gasteiger partial charge in [0.1, 0.15) is 5.75 Å². The van der Waals surface area contributed by atoms with E-state index in [1.807, 2.05) is 35.9 Å². The second-order valence-corrected chi connectivity index (χ2v) is 5.51. The first-order valence-corrected chi connectivity index (χ1v) is 7.97. The van der Waals surface area contributed by atoms with Crippen LogP contribution >= 0.6 is 0 Å². The number of aromatic nitrogens is 2. The average molecular weight is 328 g/mol. The first-order chi connectivity index (χ1) is 11.7. The van der Waals surface area contributed by atoms with Crippen molar-refractivity contribution in [3.05, 3.63) is 48.0 Å². The van der Waals surface area contributed by atoms with Gasteiger partial charge in [0.15, 0.2) is 12.4 Å². The van der Waals surface area contributed by atoms with E-state index >= 15 is 0 Å². The summed E-state index contributed by atoms with van der Waals surface area (Å²) in [7, 11) is 0. The van der Waals surface area contributed by atoms with Crippen LogP contribution in [0.15, 0.2) is 36.5 Å². The molecule has 0 radical (unpaired) electrons. The molecule has 0 saturated heterocycles. The van der Waals surface area contributed by atoms with Gasteiger partial charge in [-0.05, 0) is 19.1 Å². The molecule has 0 bridgehead atoms. The molecule has 2 heterocycles. The number of carbonyl (C=O) groups excluding carboxylic acids is 2. The normalized spacial score (nSPS) is 13.5. The minimum atomic E-state index is -0.230. The summed E-state index contributed by atoms with van der Waals surface area (Å²) in [5.41, 5.74) is 0.671. The highest BCUT2D eigenvalue weighted by atomic mass is 16.5. The molecule has 126 valence electrons. The predicted octanol–water partition coefficient (Wildman–Crippen LogP) is 1.05. The second kappa shape index (κ2) is 7.16. The molecule has 0 aliphatic carbocycles. The van der Waals surface area contributed by atoms with Crippen molar-refractivity contribution in [3.63, 3.8) is 0 Å². The Morgan fingerprint density at radius 1 is 1.29 bits per heavy atom. The van der Waals surface area contributed by atoms with Crippen LogP contribution in [-0.2, 0) is 17.9 Å². The monoisotopic (exact) mass is 328 g/mol. The molecule has 0 saturated carbocycles. The number of benzene rings is 1. The topological polar surface area (TPSA) is 76.5 Å². The number of nitrogens with one attached hydrogen (secondary N) is 1. The van der Waals surface area contributed by atoms with Gasteiger partial charge in [0.05, 0.1) is 12.2 Å². The minimum Gasteiger partial charge on any atom is -0.484 e. The molecule has 7 heteroatoms. The van der Waals surface area contributed by atoms with E-state index in [9.17, 15) is 9.59 Å². The second-order valence-electron chi connectivity index (χ2n) is 5.51. The lowest BCUT2D eigenvalue weighted by Crippen LogP contribution is -2.40. The quantitative estimate of drug-likeness (QED) is 0.860. The number of likely N-dealkylation sites (N-methyl/N-ethyl adjacent to an activating group) is 1. The van der Waals surface area contributed by atoms with Crippen LogP contribution in [0.3, 0.4) is 0 Å². The first-order valence-electron chi connectivity index (χ1n) is 7.97. The van der Waals surface area contributed by atoms with Crippen molar-refractivity contribution in [1.29, 1.82) is 0 Å². The highest BCUT2D eigenvalue weighted by molar-refractivity contribution is 5.91. The fourth-order valence-electron chi connectivity index (χ4n) is 2.58. The number of rotatable bonds is 6. The third-order valence-corrected chi connectivity index (χ3v) is 3.88. The minimum absolute atomic E-state index is 0.0554. The van der Waals surface area contributed by atoms with E-state index in [0.29, 0.717) is 30.4 Å². The summed E-state index contributed by atoms with van der Waals surface area (Å²) in [6, 6.07) is 9.16. The molecule has 2 aromatic rings. The van der Waals surface area contributed by atoms with Gasteiger partial charge in [0.2, 0.25) is 0 Å². The molecule has 1 aromatic carbocycles. The molecule has 24 heavy (non-hydrogen) atoms. The van der Waals surface area contributed by atoms with E-state index in [1.54, 1.807) is 17.0 Å². The van der Waals surface area contributed by atoms with Crippen LogP contribution in [0.5, 0.6) is 5.75 Å². The maximum absolute atomic E-state index is 12.2. The van der Waals surface area contributed by atoms with Crippen molar-refractivity contribution >= 4 is 11.8 Å². The summed E-state index contributed by atoms with van der Waals surface area (Å²) < 4.78 is 7.23. The number of para-hydroxylation sites is 1. The fourth-order valence-corrected chi connectivity index (χ4v) is 2.58. The van der Waals surface area contributed by atoms with Gasteiger partial charge in [-0.1, -0.05) is 18.2 Å². The third kappa shape index (κ3) is 3.56. The fraction of sp³-hybridized carbons (Fsp3) is 0.353. The number of fused-ring (bicyclic) bond motifs is 1. The van der Waals surface area contributed by atoms with E-state index in [0.717, 1.165) is 6.54 Å². The third-order valence-electron chi connectivity index (χ3n) is 3.88. The summed E-state index contributed by atoms with van der Waals surface area (Å²) >= 11 is 0. The molecule has 2 amide bonds. The summed E-state index contributed by atoms with van der Waals surface area (Å²) in [4.78, 5) is 30.1. The average Bonchev–Trinajstić information content (AvgIpc) is 3.03. The lowest BCUT2D eigenvalue weighted by Gasteiger charge is -2.25. The molecule has 0 spiro atoms. The van der Waals surface area contributed by atoms with Crippen molar-refractivity contribution in [2.75, 3.05) is 19.7 Å². The highest BCUT2D eigenvalue weighted by Gasteiger charge is 2.25. The molecule has 3 rings (SSSR count). The Morgan fingerprint density at radius 3 is 2.83 bits per heavy atom. The molecule has 1 aliphatic rings. The lowest BCUT2D eigenvalue weighted by molar-refractivity contribution is -0.123. The Kier molecular flexibility index (Phi) is 4.79. The molecule has 0 unspecified atom stereocenters. The molecular weight excluding hydrogens is 308 g/mol. The van der Waals surface area contributed by atoms with E-state index < -0.39 is 0 Å². The molecule has 0 fully saturated rings. The number of imidazole rings is 1. The van der Waals surface area contributed by atoms with Gasteiger partial charge in [0, 0.05) is 25.8 Å². The van der Waals surface area contributed by atoms with Crippen LogP contribution in [0.1, 0.15) is 23.2 Å². The largest absolute Gasteiger partial charge is 0.484 e. The number of amides is 2. The predicted molar refractivity (Wildman–Crippen MR) is 87.6 cm³/mol. The summed E-state index contributed by atoms with van der Waals surface area (Å²) in [5.74, 6) is 0.795. The van der Waals surface area contributed by atoms with E-state index in [1.165, 1.54) is 0 Å². The smallest absolute Gasteiger partial charge is 0.289 e. The molecular formula is C17H20N4O3. The maximum Gasteiger partial charge on any atom is 0.289 e. The number of nitrogens with zero attached hydrogens (tertiary/aromatic N) is 3. The maximum atomic E-state index is 12.2. The van der Waals surface area contributed by atoms with Crippen molar-refractivity contribution in [1.82, 2.24) is 19.8 Å². The summed E-state index contributed by atoms with van der Waals surface area (Å²) in [6.07, 6.45) is 1.82. The van der Waals surface area contributed by atoms with Crippen molar-refractivity contribution in [2.24, 2.45) is 0 Å². The van der Waals surface area contributed by atoms with Crippen LogP contribution in [0, 0.1) is 0 Å². The molecule has 1 N–H and O–H groups in total. The zero-order valence-corrected chi connectivity index (χ0v) is 13.6. The van der Waals surface area contributed by atoms with Gasteiger partial charge >= 0.3 is 0 Å². The first kappa shape index (κ1) is 16.0. The van der Waals surface area contributed by atoms with Gasteiger partial charge in [-0.2, -0.15) is 0 Å². The van der Waals surface area contributed by atoms with E-state index in [4.69, 9.17) is 4.74 Å². The number of carbonyl (C=O) groups is 2. The Balaban J connectivity index is 1.52. The van der Waals surface area contributed by atoms with Gasteiger partial charge in [-0.15, -0.1) is 0 Å². The Bertz CT molecular complexity index is 727. The van der Waals surface area contributed by atoms with Crippen LogP contribution in [0.2, 0.25) is 0 Å². The Labute approximate surface area is 140 Å². The zero-order chi connectivity index (χ0) is 16.9. The number of hydrogen-bond donors (Lipinski definition) is 1. The molecule has 1 aliphatic heterocycles. The molecule has 1 aromatic heterocycles. The summed E-state index contributed by atoms with van der Waals surface area (Å²) in [5, 5.41) is 2.75. The number of hydrogen-bond acceptors (Lipinski definition) is 4. The SMILES string of the molecule is CCN1CCn2cc(CNC(=O)COc3ccccc3)nc2C1=O. The van der Waals surface area contributed by atoms with E-state index in [-0.39, 0.29) is 25.0 Å². The van der Waals surface area contributed by atoms with Crippen LogP contribution in [-0.4, -0.2) is 46.0 Å². The summed E-state index contributed by atoms with van der Waals surface area (Å²) in [6.45, 7) is 4.26. The standard InChI is InChI=1S/C17H20N4O3/c1-2-20-8-9-21-11-13(19-16(21)17(20)23)10-18-15(22)12-24-14-6-4-3-5-7-14/h3-7,11H,2,8-10,12H2,1H3,(H,18,22). The van der Waals surface area contributed by atoms with Gasteiger partial charge in [0.25, 0.3) is 11.8 Å². The van der Waals surface area contributed by atoms with Crippen molar-refractivity contribution < 1.29 is 14.3 Å². The Hall–Kier alpha value is -2.83. The van der Waals surface area contributed by atoms with Gasteiger partial charge < -0.3 is 19.5 Å².